The molecular weight excluding hydrogens is 316 g/mol. The molecule has 2 heterocycles. The standard InChI is InChI=1S/C19H16N4O2/c1-25-14-8-6-13(7-9-14)21-18-16(19(24)23-22-18)10-12-11-20-17-5-3-2-4-15(12)17/h2-11H,1H3,(H3,21,22,23,24). The first-order valence-electron chi connectivity index (χ1n) is 7.81. The molecule has 1 aliphatic heterocycles. The van der Waals surface area contributed by atoms with E-state index in [0.29, 0.717) is 11.4 Å². The van der Waals surface area contributed by atoms with Gasteiger partial charge in [-0.2, -0.15) is 0 Å². The molecule has 124 valence electrons. The minimum absolute atomic E-state index is 0.193. The number of ether oxygens (including phenoxy) is 1. The van der Waals surface area contributed by atoms with E-state index in [1.54, 1.807) is 13.3 Å². The summed E-state index contributed by atoms with van der Waals surface area (Å²) in [4.78, 5) is 16.6. The van der Waals surface area contributed by atoms with E-state index in [9.17, 15) is 4.79 Å². The van der Waals surface area contributed by atoms with Gasteiger partial charge in [0.05, 0.1) is 18.4 Å². The molecule has 0 bridgehead atoms. The second-order valence-corrected chi connectivity index (χ2v) is 5.60. The molecule has 0 aliphatic carbocycles. The van der Waals surface area contributed by atoms with Crippen molar-refractivity contribution in [2.45, 2.75) is 0 Å². The van der Waals surface area contributed by atoms with E-state index in [1.165, 1.54) is 0 Å². The Morgan fingerprint density at radius 1 is 1.08 bits per heavy atom. The van der Waals surface area contributed by atoms with E-state index in [0.717, 1.165) is 28.3 Å². The number of methoxy groups -OCH3 is 1. The van der Waals surface area contributed by atoms with E-state index in [1.807, 2.05) is 54.6 Å². The molecule has 25 heavy (non-hydrogen) atoms. The highest BCUT2D eigenvalue weighted by Gasteiger charge is 2.14. The predicted octanol–water partition coefficient (Wildman–Crippen LogP) is 3.71. The minimum atomic E-state index is -0.193. The topological polar surface area (TPSA) is 82.3 Å². The maximum atomic E-state index is 12.2. The van der Waals surface area contributed by atoms with Crippen molar-refractivity contribution < 1.29 is 4.74 Å². The van der Waals surface area contributed by atoms with Crippen LogP contribution in [0.3, 0.4) is 0 Å². The van der Waals surface area contributed by atoms with Crippen LogP contribution in [0.25, 0.3) is 11.6 Å². The smallest absolute Gasteiger partial charge is 0.273 e. The van der Waals surface area contributed by atoms with Crippen LogP contribution >= 0.6 is 0 Å². The molecule has 0 saturated carbocycles. The van der Waals surface area contributed by atoms with Crippen LogP contribution in [0.5, 0.6) is 5.75 Å². The number of nitrogens with one attached hydrogen (secondary N) is 3. The molecule has 0 atom stereocenters. The van der Waals surface area contributed by atoms with Crippen LogP contribution in [-0.4, -0.2) is 23.5 Å². The average molecular weight is 332 g/mol. The molecule has 6 nitrogen and oxygen atoms in total. The van der Waals surface area contributed by atoms with Crippen LogP contribution < -0.4 is 15.6 Å². The molecule has 0 fully saturated rings. The third-order valence-corrected chi connectivity index (χ3v) is 4.03. The van der Waals surface area contributed by atoms with Gasteiger partial charge in [0.2, 0.25) is 0 Å². The van der Waals surface area contributed by atoms with Crippen LogP contribution in [0.2, 0.25) is 0 Å². The second-order valence-electron chi connectivity index (χ2n) is 5.60. The van der Waals surface area contributed by atoms with E-state index in [4.69, 9.17) is 4.74 Å². The van der Waals surface area contributed by atoms with E-state index in [2.05, 4.69) is 20.5 Å². The molecule has 0 unspecified atom stereocenters. The van der Waals surface area contributed by atoms with Crippen LogP contribution in [0, 0.1) is 0 Å². The highest BCUT2D eigenvalue weighted by atomic mass is 16.5. The number of aromatic nitrogens is 2. The zero-order chi connectivity index (χ0) is 17.2. The Labute approximate surface area is 143 Å². The first-order chi connectivity index (χ1) is 12.2. The van der Waals surface area contributed by atoms with E-state index >= 15 is 0 Å². The number of fused-ring (bicyclic) bond motifs is 1. The number of anilines is 2. The van der Waals surface area contributed by atoms with Gasteiger partial charge in [-0.05, 0) is 36.4 Å². The molecule has 0 spiro atoms. The highest BCUT2D eigenvalue weighted by Crippen LogP contribution is 2.32. The second kappa shape index (κ2) is 6.16. The lowest BCUT2D eigenvalue weighted by Gasteiger charge is -2.06. The number of aromatic amines is 2. The molecule has 3 aromatic rings. The molecule has 1 aromatic heterocycles. The fraction of sp³-hybridized carbons (Fsp3) is 0.0526. The quantitative estimate of drug-likeness (QED) is 0.681. The van der Waals surface area contributed by atoms with E-state index in [-0.39, 0.29) is 5.56 Å². The summed E-state index contributed by atoms with van der Waals surface area (Å²) in [6.45, 7) is 0. The van der Waals surface area contributed by atoms with Gasteiger partial charge in [0.25, 0.3) is 5.56 Å². The lowest BCUT2D eigenvalue weighted by molar-refractivity contribution is 0.415. The number of allylic oxidation sites excluding steroid dienone is 1. The number of hydrogen-bond acceptors (Lipinski definition) is 4. The fourth-order valence-corrected chi connectivity index (χ4v) is 2.73. The summed E-state index contributed by atoms with van der Waals surface area (Å²) < 4.78 is 5.15. The van der Waals surface area contributed by atoms with Crippen molar-refractivity contribution >= 4 is 35.1 Å². The van der Waals surface area contributed by atoms with Crippen molar-refractivity contribution in [3.8, 4) is 5.75 Å². The number of nitrogens with zero attached hydrogens (tertiary/aromatic N) is 1. The van der Waals surface area contributed by atoms with Gasteiger partial charge in [0, 0.05) is 23.0 Å². The fourth-order valence-electron chi connectivity index (χ4n) is 2.73. The SMILES string of the molecule is COc1ccc(Nc2[nH][nH]c(=O)c2C=C2C=Nc3ccccc32)cc1. The maximum absolute atomic E-state index is 12.2. The molecule has 1 aliphatic rings. The molecule has 3 N–H and O–H groups in total. The van der Waals surface area contributed by atoms with Crippen LogP contribution in [0.15, 0.2) is 58.3 Å². The molecular formula is C19H16N4O2. The Kier molecular flexibility index (Phi) is 3.70. The molecule has 2 aromatic carbocycles. The van der Waals surface area contributed by atoms with Gasteiger partial charge in [0.15, 0.2) is 0 Å². The largest absolute Gasteiger partial charge is 0.497 e. The Balaban J connectivity index is 1.68. The first kappa shape index (κ1) is 15.0. The van der Waals surface area contributed by atoms with Crippen LogP contribution in [-0.2, 0) is 0 Å². The molecule has 4 rings (SSSR count). The van der Waals surface area contributed by atoms with Gasteiger partial charge >= 0.3 is 0 Å². The third kappa shape index (κ3) is 2.85. The van der Waals surface area contributed by atoms with Gasteiger partial charge in [0.1, 0.15) is 11.6 Å². The number of rotatable bonds is 4. The van der Waals surface area contributed by atoms with Gasteiger partial charge in [-0.15, -0.1) is 0 Å². The normalized spacial score (nSPS) is 13.9. The number of para-hydroxylation sites is 1. The molecule has 0 radical (unpaired) electrons. The summed E-state index contributed by atoms with van der Waals surface area (Å²) in [6, 6.07) is 15.3. The number of aliphatic imine (C=N–C) groups is 1. The van der Waals surface area contributed by atoms with Gasteiger partial charge in [-0.1, -0.05) is 18.2 Å². The summed E-state index contributed by atoms with van der Waals surface area (Å²) in [6.07, 6.45) is 3.60. The maximum Gasteiger partial charge on any atom is 0.273 e. The van der Waals surface area contributed by atoms with Gasteiger partial charge in [-0.25, -0.2) is 0 Å². The monoisotopic (exact) mass is 332 g/mol. The summed E-state index contributed by atoms with van der Waals surface area (Å²) in [5.41, 5.74) is 3.99. The lowest BCUT2D eigenvalue weighted by Crippen LogP contribution is -2.03. The van der Waals surface area contributed by atoms with Crippen molar-refractivity contribution in [3.05, 3.63) is 70.0 Å². The van der Waals surface area contributed by atoms with Crippen molar-refractivity contribution in [2.24, 2.45) is 4.99 Å². The number of hydrogen-bond donors (Lipinski definition) is 3. The molecule has 0 saturated heterocycles. The summed E-state index contributed by atoms with van der Waals surface area (Å²) in [7, 11) is 1.62. The number of H-pyrrole nitrogens is 2. The van der Waals surface area contributed by atoms with Gasteiger partial charge < -0.3 is 10.1 Å². The van der Waals surface area contributed by atoms with Crippen molar-refractivity contribution in [3.63, 3.8) is 0 Å². The molecule has 6 heteroatoms. The van der Waals surface area contributed by atoms with E-state index < -0.39 is 0 Å². The summed E-state index contributed by atoms with van der Waals surface area (Å²) >= 11 is 0. The zero-order valence-electron chi connectivity index (χ0n) is 13.5. The number of benzene rings is 2. The van der Waals surface area contributed by atoms with Crippen molar-refractivity contribution in [1.29, 1.82) is 0 Å². The Hall–Kier alpha value is -3.54. The molecule has 0 amide bonds. The van der Waals surface area contributed by atoms with Crippen molar-refractivity contribution in [2.75, 3.05) is 12.4 Å². The van der Waals surface area contributed by atoms with Crippen LogP contribution in [0.1, 0.15) is 11.1 Å². The van der Waals surface area contributed by atoms with Crippen molar-refractivity contribution in [1.82, 2.24) is 10.2 Å². The zero-order valence-corrected chi connectivity index (χ0v) is 13.5. The summed E-state index contributed by atoms with van der Waals surface area (Å²) in [5, 5.41) is 8.71. The minimum Gasteiger partial charge on any atom is -0.497 e. The average Bonchev–Trinajstić information content (AvgIpc) is 3.21. The lowest BCUT2D eigenvalue weighted by atomic mass is 10.1. The highest BCUT2D eigenvalue weighted by molar-refractivity contribution is 6.21. The predicted molar refractivity (Wildman–Crippen MR) is 100 cm³/mol. The third-order valence-electron chi connectivity index (χ3n) is 4.03. The van der Waals surface area contributed by atoms with Crippen LogP contribution in [0.4, 0.5) is 17.2 Å². The first-order valence-corrected chi connectivity index (χ1v) is 7.81. The Morgan fingerprint density at radius 3 is 2.68 bits per heavy atom. The summed E-state index contributed by atoms with van der Waals surface area (Å²) in [5.74, 6) is 1.37. The Morgan fingerprint density at radius 2 is 1.88 bits per heavy atom. The Bertz CT molecular complexity index is 1030. The van der Waals surface area contributed by atoms with Gasteiger partial charge in [-0.3, -0.25) is 20.0 Å².